The van der Waals surface area contributed by atoms with Crippen LogP contribution < -0.4 is 0 Å². The minimum atomic E-state index is -4.49. The maximum atomic E-state index is 12.7. The molecule has 0 aliphatic rings. The summed E-state index contributed by atoms with van der Waals surface area (Å²) < 4.78 is 48.0. The van der Waals surface area contributed by atoms with Crippen molar-refractivity contribution in [2.45, 2.75) is 33.0 Å². The van der Waals surface area contributed by atoms with E-state index < -0.39 is 18.6 Å². The number of carbonyl (C=O) groups is 1. The van der Waals surface area contributed by atoms with Gasteiger partial charge in [0.25, 0.3) is 0 Å². The number of nitrogens with zero attached hydrogens (tertiary/aromatic N) is 2. The summed E-state index contributed by atoms with van der Waals surface area (Å²) >= 11 is 0. The van der Waals surface area contributed by atoms with E-state index in [1.165, 1.54) is 12.3 Å². The largest absolute Gasteiger partial charge is 0.467 e. The van der Waals surface area contributed by atoms with Gasteiger partial charge in [-0.3, -0.25) is 4.79 Å². The molecule has 0 aliphatic carbocycles. The van der Waals surface area contributed by atoms with Gasteiger partial charge in [-0.25, -0.2) is 0 Å². The molecule has 120 valence electrons. The van der Waals surface area contributed by atoms with E-state index in [0.717, 1.165) is 0 Å². The third kappa shape index (κ3) is 4.12. The number of hydrogen-bond donors (Lipinski definition) is 0. The van der Waals surface area contributed by atoms with E-state index in [0.29, 0.717) is 21.9 Å². The molecule has 5 nitrogen and oxygen atoms in total. The highest BCUT2D eigenvalue weighted by molar-refractivity contribution is 5.79. The maximum absolute atomic E-state index is 12.7. The monoisotopic (exact) mass is 316 g/mol. The highest BCUT2D eigenvalue weighted by Gasteiger charge is 2.33. The molecule has 0 unspecified atom stereocenters. The van der Waals surface area contributed by atoms with Crippen LogP contribution in [0.25, 0.3) is 0 Å². The van der Waals surface area contributed by atoms with E-state index in [1.807, 2.05) is 0 Å². The Kier molecular flexibility index (Phi) is 4.58. The second-order valence-corrected chi connectivity index (χ2v) is 4.92. The van der Waals surface area contributed by atoms with Gasteiger partial charge in [0.2, 0.25) is 5.91 Å². The van der Waals surface area contributed by atoms with Gasteiger partial charge in [0, 0.05) is 5.56 Å². The highest BCUT2D eigenvalue weighted by atomic mass is 19.4. The molecule has 0 spiro atoms. The molecule has 0 N–H and O–H groups in total. The lowest BCUT2D eigenvalue weighted by molar-refractivity contribution is -0.162. The first kappa shape index (κ1) is 16.1. The van der Waals surface area contributed by atoms with Crippen LogP contribution in [-0.4, -0.2) is 28.7 Å². The number of aryl methyl sites for hydroxylation is 2. The van der Waals surface area contributed by atoms with Crippen molar-refractivity contribution >= 4 is 5.91 Å². The van der Waals surface area contributed by atoms with Gasteiger partial charge in [0.05, 0.1) is 24.9 Å². The van der Waals surface area contributed by atoms with Crippen molar-refractivity contribution < 1.29 is 26.9 Å². The van der Waals surface area contributed by atoms with Crippen LogP contribution in [-0.2, 0) is 17.8 Å². The van der Waals surface area contributed by atoms with Gasteiger partial charge in [-0.05, 0) is 26.0 Å². The molecule has 1 amide bonds. The summed E-state index contributed by atoms with van der Waals surface area (Å²) in [6.45, 7) is 1.67. The second-order valence-electron chi connectivity index (χ2n) is 4.92. The molecule has 0 saturated carbocycles. The first-order valence-electron chi connectivity index (χ1n) is 6.55. The minimum Gasteiger partial charge on any atom is -0.467 e. The smallest absolute Gasteiger partial charge is 0.406 e. The quantitative estimate of drug-likeness (QED) is 0.851. The summed E-state index contributed by atoms with van der Waals surface area (Å²) in [7, 11) is 0. The molecule has 0 aliphatic heterocycles. The number of amides is 1. The molecule has 2 aromatic rings. The maximum Gasteiger partial charge on any atom is 0.406 e. The fraction of sp³-hybridized carbons (Fsp3) is 0.429. The Morgan fingerprint density at radius 2 is 2.09 bits per heavy atom. The van der Waals surface area contributed by atoms with Gasteiger partial charge in [0.15, 0.2) is 0 Å². The summed E-state index contributed by atoms with van der Waals surface area (Å²) in [5.41, 5.74) is 1.01. The lowest BCUT2D eigenvalue weighted by Gasteiger charge is -2.23. The average Bonchev–Trinajstić information content (AvgIpc) is 3.01. The zero-order valence-corrected chi connectivity index (χ0v) is 12.1. The van der Waals surface area contributed by atoms with Crippen molar-refractivity contribution in [2.75, 3.05) is 6.54 Å². The molecule has 0 radical (unpaired) electrons. The molecule has 22 heavy (non-hydrogen) atoms. The van der Waals surface area contributed by atoms with Gasteiger partial charge in [-0.15, -0.1) is 0 Å². The van der Waals surface area contributed by atoms with Crippen LogP contribution in [0.1, 0.15) is 22.8 Å². The zero-order valence-electron chi connectivity index (χ0n) is 12.1. The van der Waals surface area contributed by atoms with Gasteiger partial charge < -0.3 is 13.8 Å². The SMILES string of the molecule is Cc1noc(C)c1CC(=O)N(Cc1ccco1)CC(F)(F)F. The first-order chi connectivity index (χ1) is 10.3. The third-order valence-corrected chi connectivity index (χ3v) is 3.16. The fourth-order valence-corrected chi connectivity index (χ4v) is 2.06. The molecule has 2 aromatic heterocycles. The Balaban J connectivity index is 2.15. The van der Waals surface area contributed by atoms with E-state index in [2.05, 4.69) is 5.16 Å². The van der Waals surface area contributed by atoms with Crippen LogP contribution in [0.15, 0.2) is 27.3 Å². The Morgan fingerprint density at radius 3 is 2.59 bits per heavy atom. The van der Waals surface area contributed by atoms with Crippen LogP contribution in [0, 0.1) is 13.8 Å². The Hall–Kier alpha value is -2.25. The topological polar surface area (TPSA) is 59.5 Å². The summed E-state index contributed by atoms with van der Waals surface area (Å²) in [6, 6.07) is 3.08. The van der Waals surface area contributed by atoms with Crippen molar-refractivity contribution in [3.05, 3.63) is 41.2 Å². The predicted octanol–water partition coefficient (Wildman–Crippen LogP) is 3.02. The molecular weight excluding hydrogens is 301 g/mol. The van der Waals surface area contributed by atoms with Crippen LogP contribution >= 0.6 is 0 Å². The third-order valence-electron chi connectivity index (χ3n) is 3.16. The van der Waals surface area contributed by atoms with E-state index >= 15 is 0 Å². The Labute approximate surface area is 124 Å². The lowest BCUT2D eigenvalue weighted by atomic mass is 10.1. The molecular formula is C14H15F3N2O3. The van der Waals surface area contributed by atoms with Crippen LogP contribution in [0.2, 0.25) is 0 Å². The van der Waals surface area contributed by atoms with E-state index in [4.69, 9.17) is 8.94 Å². The number of hydrogen-bond acceptors (Lipinski definition) is 4. The minimum absolute atomic E-state index is 0.196. The Morgan fingerprint density at radius 1 is 1.36 bits per heavy atom. The zero-order chi connectivity index (χ0) is 16.3. The number of carbonyl (C=O) groups excluding carboxylic acids is 1. The van der Waals surface area contributed by atoms with Crippen LogP contribution in [0.4, 0.5) is 13.2 Å². The lowest BCUT2D eigenvalue weighted by Crippen LogP contribution is -2.39. The molecule has 2 heterocycles. The van der Waals surface area contributed by atoms with E-state index in [1.54, 1.807) is 19.9 Å². The Bertz CT molecular complexity index is 613. The standard InChI is InChI=1S/C14H15F3N2O3/c1-9-12(10(2)22-18-9)6-13(20)19(8-14(15,16)17)7-11-4-3-5-21-11/h3-5H,6-8H2,1-2H3. The summed E-state index contributed by atoms with van der Waals surface area (Å²) in [5, 5.41) is 3.69. The number of aromatic nitrogens is 1. The highest BCUT2D eigenvalue weighted by Crippen LogP contribution is 2.21. The predicted molar refractivity (Wildman–Crippen MR) is 69.9 cm³/mol. The van der Waals surface area contributed by atoms with Crippen molar-refractivity contribution in [3.8, 4) is 0 Å². The number of halogens is 3. The molecule has 8 heteroatoms. The molecule has 0 aromatic carbocycles. The number of furan rings is 1. The van der Waals surface area contributed by atoms with Gasteiger partial charge in [-0.2, -0.15) is 13.2 Å². The van der Waals surface area contributed by atoms with Crippen molar-refractivity contribution in [2.24, 2.45) is 0 Å². The fourth-order valence-electron chi connectivity index (χ4n) is 2.06. The molecule has 0 saturated heterocycles. The van der Waals surface area contributed by atoms with Gasteiger partial charge >= 0.3 is 6.18 Å². The van der Waals surface area contributed by atoms with Gasteiger partial charge in [0.1, 0.15) is 18.1 Å². The summed E-state index contributed by atoms with van der Waals surface area (Å²) in [6.07, 6.45) is -3.33. The van der Waals surface area contributed by atoms with Gasteiger partial charge in [-0.1, -0.05) is 5.16 Å². The second kappa shape index (κ2) is 6.25. The van der Waals surface area contributed by atoms with E-state index in [9.17, 15) is 18.0 Å². The first-order valence-corrected chi connectivity index (χ1v) is 6.55. The average molecular weight is 316 g/mol. The molecule has 0 atom stereocenters. The van der Waals surface area contributed by atoms with Crippen molar-refractivity contribution in [1.29, 1.82) is 0 Å². The molecule has 0 fully saturated rings. The normalized spacial score (nSPS) is 11.7. The van der Waals surface area contributed by atoms with Crippen LogP contribution in [0.3, 0.4) is 0 Å². The van der Waals surface area contributed by atoms with Crippen LogP contribution in [0.5, 0.6) is 0 Å². The number of alkyl halides is 3. The summed E-state index contributed by atoms with van der Waals surface area (Å²) in [4.78, 5) is 12.9. The summed E-state index contributed by atoms with van der Waals surface area (Å²) in [5.74, 6) is 0.0512. The van der Waals surface area contributed by atoms with E-state index in [-0.39, 0.29) is 18.7 Å². The van der Waals surface area contributed by atoms with Crippen molar-refractivity contribution in [3.63, 3.8) is 0 Å². The number of rotatable bonds is 5. The molecule has 2 rings (SSSR count). The van der Waals surface area contributed by atoms with Crippen molar-refractivity contribution in [1.82, 2.24) is 10.1 Å². The molecule has 0 bridgehead atoms.